The van der Waals surface area contributed by atoms with Crippen LogP contribution in [-0.2, 0) is 14.3 Å². The van der Waals surface area contributed by atoms with Crippen molar-refractivity contribution >= 4 is 39.7 Å². The average molecular weight is 445 g/mol. The molecule has 1 heterocycles. The highest BCUT2D eigenvalue weighted by molar-refractivity contribution is 9.10. The normalized spacial score (nSPS) is 14.5. The summed E-state index contributed by atoms with van der Waals surface area (Å²) in [6, 6.07) is 10.6. The molecule has 1 aliphatic heterocycles. The molecule has 6 nitrogen and oxygen atoms in total. The Balaban J connectivity index is 2.02. The smallest absolute Gasteiger partial charge is 0.343 e. The number of cyclic esters (lactones) is 1. The Bertz CT molecular complexity index is 989. The zero-order valence-electron chi connectivity index (χ0n) is 15.4. The lowest BCUT2D eigenvalue weighted by molar-refractivity contribution is -0.132. The van der Waals surface area contributed by atoms with Crippen molar-refractivity contribution in [3.05, 3.63) is 63.6 Å². The highest BCUT2D eigenvalue weighted by atomic mass is 79.9. The molecule has 0 amide bonds. The van der Waals surface area contributed by atoms with E-state index in [0.717, 1.165) is 5.56 Å². The van der Waals surface area contributed by atoms with Crippen LogP contribution in [0.3, 0.4) is 0 Å². The fourth-order valence-electron chi connectivity index (χ4n) is 2.65. The number of hydrogen-bond acceptors (Lipinski definition) is 6. The first-order valence-corrected chi connectivity index (χ1v) is 9.06. The summed E-state index contributed by atoms with van der Waals surface area (Å²) in [5.41, 5.74) is 1.56. The molecule has 1 aliphatic rings. The summed E-state index contributed by atoms with van der Waals surface area (Å²) in [5, 5.41) is 0. The predicted molar refractivity (Wildman–Crippen MR) is 107 cm³/mol. The van der Waals surface area contributed by atoms with Crippen molar-refractivity contribution in [2.24, 2.45) is 0 Å². The number of carbonyl (C=O) groups is 2. The van der Waals surface area contributed by atoms with Gasteiger partial charge in [0, 0.05) is 22.5 Å². The molecule has 3 rings (SSSR count). The molecular formula is C21H17BrO6. The molecule has 0 radical (unpaired) electrons. The van der Waals surface area contributed by atoms with Gasteiger partial charge >= 0.3 is 11.9 Å². The Morgan fingerprint density at radius 3 is 2.43 bits per heavy atom. The Morgan fingerprint density at radius 1 is 1.11 bits per heavy atom. The molecule has 0 atom stereocenters. The van der Waals surface area contributed by atoms with Crippen molar-refractivity contribution in [1.82, 2.24) is 0 Å². The van der Waals surface area contributed by atoms with Crippen LogP contribution in [0.1, 0.15) is 18.1 Å². The second kappa shape index (κ2) is 8.31. The number of benzene rings is 2. The Kier molecular flexibility index (Phi) is 5.84. The lowest BCUT2D eigenvalue weighted by Gasteiger charge is -2.12. The van der Waals surface area contributed by atoms with E-state index in [1.165, 1.54) is 14.0 Å². The van der Waals surface area contributed by atoms with Crippen molar-refractivity contribution in [3.8, 4) is 17.2 Å². The first-order valence-electron chi connectivity index (χ1n) is 8.27. The first kappa shape index (κ1) is 19.7. The second-order valence-electron chi connectivity index (χ2n) is 5.85. The zero-order valence-corrected chi connectivity index (χ0v) is 17.0. The highest BCUT2D eigenvalue weighted by Crippen LogP contribution is 2.37. The predicted octanol–water partition coefficient (Wildman–Crippen LogP) is 4.37. The number of hydrogen-bond donors (Lipinski definition) is 0. The Morgan fingerprint density at radius 2 is 1.82 bits per heavy atom. The third-order valence-electron chi connectivity index (χ3n) is 3.92. The van der Waals surface area contributed by atoms with Crippen LogP contribution in [0.5, 0.6) is 17.2 Å². The largest absolute Gasteiger partial charge is 0.497 e. The molecule has 2 aromatic rings. The molecule has 0 saturated heterocycles. The third-order valence-corrected chi connectivity index (χ3v) is 4.38. The van der Waals surface area contributed by atoms with Gasteiger partial charge in [0.2, 0.25) is 0 Å². The molecule has 0 unspecified atom stereocenters. The zero-order chi connectivity index (χ0) is 20.3. The van der Waals surface area contributed by atoms with Crippen molar-refractivity contribution in [2.75, 3.05) is 14.2 Å². The minimum Gasteiger partial charge on any atom is -0.497 e. The van der Waals surface area contributed by atoms with Crippen LogP contribution in [0, 0.1) is 0 Å². The molecule has 0 bridgehead atoms. The topological polar surface area (TPSA) is 71.1 Å². The van der Waals surface area contributed by atoms with E-state index in [9.17, 15) is 9.59 Å². The molecular weight excluding hydrogens is 428 g/mol. The maximum absolute atomic E-state index is 12.3. The lowest BCUT2D eigenvalue weighted by Crippen LogP contribution is -2.05. The van der Waals surface area contributed by atoms with E-state index in [1.54, 1.807) is 55.7 Å². The summed E-state index contributed by atoms with van der Waals surface area (Å²) in [5.74, 6) is 0.723. The van der Waals surface area contributed by atoms with Gasteiger partial charge in [0.05, 0.1) is 19.8 Å². The fraction of sp³-hybridized carbons (Fsp3) is 0.143. The third kappa shape index (κ3) is 4.26. The van der Waals surface area contributed by atoms with Gasteiger partial charge in [-0.15, -0.1) is 0 Å². The van der Waals surface area contributed by atoms with Crippen molar-refractivity contribution in [2.45, 2.75) is 6.92 Å². The van der Waals surface area contributed by atoms with E-state index in [1.807, 2.05) is 0 Å². The maximum Gasteiger partial charge on any atom is 0.343 e. The molecule has 0 aliphatic carbocycles. The second-order valence-corrected chi connectivity index (χ2v) is 6.76. The van der Waals surface area contributed by atoms with Crippen LogP contribution in [-0.4, -0.2) is 26.2 Å². The summed E-state index contributed by atoms with van der Waals surface area (Å²) in [6.07, 6.45) is 3.22. The fourth-order valence-corrected chi connectivity index (χ4v) is 3.11. The first-order chi connectivity index (χ1) is 13.4. The summed E-state index contributed by atoms with van der Waals surface area (Å²) in [7, 11) is 3.05. The van der Waals surface area contributed by atoms with Crippen molar-refractivity contribution in [3.63, 3.8) is 0 Å². The monoisotopic (exact) mass is 444 g/mol. The van der Waals surface area contributed by atoms with Crippen LogP contribution in [0.2, 0.25) is 0 Å². The van der Waals surface area contributed by atoms with Crippen LogP contribution in [0.15, 0.2) is 52.5 Å². The molecule has 2 aromatic carbocycles. The molecule has 0 fully saturated rings. The molecule has 28 heavy (non-hydrogen) atoms. The minimum absolute atomic E-state index is 0.227. The minimum atomic E-state index is -0.501. The van der Waals surface area contributed by atoms with E-state index in [2.05, 4.69) is 15.9 Å². The molecule has 144 valence electrons. The van der Waals surface area contributed by atoms with Gasteiger partial charge in [-0.2, -0.15) is 0 Å². The van der Waals surface area contributed by atoms with Gasteiger partial charge in [0.25, 0.3) is 0 Å². The number of halogens is 1. The molecule has 0 aromatic heterocycles. The van der Waals surface area contributed by atoms with Crippen molar-refractivity contribution in [1.29, 1.82) is 0 Å². The molecule has 0 saturated carbocycles. The van der Waals surface area contributed by atoms with E-state index in [4.69, 9.17) is 18.9 Å². The maximum atomic E-state index is 12.3. The van der Waals surface area contributed by atoms with Crippen LogP contribution >= 0.6 is 15.9 Å². The van der Waals surface area contributed by atoms with Gasteiger partial charge in [-0.25, -0.2) is 4.79 Å². The van der Waals surface area contributed by atoms with Crippen LogP contribution < -0.4 is 14.2 Å². The highest BCUT2D eigenvalue weighted by Gasteiger charge is 2.23. The number of carbonyl (C=O) groups excluding carboxylic acids is 2. The number of ether oxygens (including phenoxy) is 4. The average Bonchev–Trinajstić information content (AvgIpc) is 3.03. The standard InChI is InChI=1S/C21H17BrO6/c1-12(23)27-20-14(9-16(22)11-19(20)26-3)8-15-10-18(28-21(15)24)13-4-6-17(25-2)7-5-13/h4-11H,1-3H3/b15-8-. The van der Waals surface area contributed by atoms with Gasteiger partial charge in [-0.3, -0.25) is 4.79 Å². The Labute approximate surface area is 170 Å². The summed E-state index contributed by atoms with van der Waals surface area (Å²) in [6.45, 7) is 1.30. The van der Waals surface area contributed by atoms with Gasteiger partial charge in [0.1, 0.15) is 11.5 Å². The Hall–Kier alpha value is -3.06. The number of methoxy groups -OCH3 is 2. The summed E-state index contributed by atoms with van der Waals surface area (Å²) in [4.78, 5) is 23.8. The van der Waals surface area contributed by atoms with Gasteiger partial charge in [-0.05, 0) is 48.6 Å². The van der Waals surface area contributed by atoms with E-state index < -0.39 is 11.9 Å². The van der Waals surface area contributed by atoms with Crippen LogP contribution in [0.25, 0.3) is 11.8 Å². The quantitative estimate of drug-likeness (QED) is 0.387. The number of rotatable bonds is 5. The SMILES string of the molecule is COc1ccc(C2=C/C(=C/c3cc(Br)cc(OC)c3OC(C)=O)C(=O)O2)cc1. The van der Waals surface area contributed by atoms with E-state index in [-0.39, 0.29) is 5.75 Å². The van der Waals surface area contributed by atoms with Gasteiger partial charge in [0.15, 0.2) is 11.5 Å². The number of esters is 2. The van der Waals surface area contributed by atoms with Gasteiger partial charge < -0.3 is 18.9 Å². The van der Waals surface area contributed by atoms with E-state index in [0.29, 0.717) is 32.9 Å². The summed E-state index contributed by atoms with van der Waals surface area (Å²) >= 11 is 3.39. The van der Waals surface area contributed by atoms with Gasteiger partial charge in [-0.1, -0.05) is 15.9 Å². The molecule has 7 heteroatoms. The van der Waals surface area contributed by atoms with Crippen molar-refractivity contribution < 1.29 is 28.5 Å². The van der Waals surface area contributed by atoms with Crippen LogP contribution in [0.4, 0.5) is 0 Å². The molecule has 0 N–H and O–H groups in total. The molecule has 0 spiro atoms. The van der Waals surface area contributed by atoms with E-state index >= 15 is 0 Å². The lowest BCUT2D eigenvalue weighted by atomic mass is 10.1. The summed E-state index contributed by atoms with van der Waals surface area (Å²) < 4.78 is 21.8.